The Morgan fingerprint density at radius 3 is 1.82 bits per heavy atom. The van der Waals surface area contributed by atoms with Gasteiger partial charge in [-0.05, 0) is 35.4 Å². The molecule has 0 saturated heterocycles. The van der Waals surface area contributed by atoms with E-state index < -0.39 is 0 Å². The second-order valence-electron chi connectivity index (χ2n) is 4.69. The van der Waals surface area contributed by atoms with Crippen molar-refractivity contribution in [3.63, 3.8) is 0 Å². The number of hydrogen-bond donors (Lipinski definition) is 1. The van der Waals surface area contributed by atoms with Crippen molar-refractivity contribution in [2.24, 2.45) is 0 Å². The van der Waals surface area contributed by atoms with Crippen molar-refractivity contribution in [2.75, 3.05) is 24.7 Å². The van der Waals surface area contributed by atoms with Gasteiger partial charge in [-0.3, -0.25) is 0 Å². The molecule has 0 fully saturated rings. The molecule has 0 radical (unpaired) electrons. The van der Waals surface area contributed by atoms with Crippen molar-refractivity contribution >= 4 is 35.0 Å². The van der Waals surface area contributed by atoms with Crippen LogP contribution < -0.4 is 0 Å². The molecule has 118 valence electrons. The molecule has 0 amide bonds. The molecule has 0 aliphatic carbocycles. The predicted octanol–water partition coefficient (Wildman–Crippen LogP) is 4.82. The first-order valence-electron chi connectivity index (χ1n) is 7.02. The lowest BCUT2D eigenvalue weighted by molar-refractivity contribution is 0.0935. The first-order valence-corrected chi connectivity index (χ1v) is 8.93. The molecule has 2 aromatic rings. The maximum atomic E-state index is 8.80. The molecule has 22 heavy (non-hydrogen) atoms. The molecular formula is C17H18Cl2O2S. The molecule has 2 rings (SSSR count). The van der Waals surface area contributed by atoms with E-state index in [4.69, 9.17) is 33.0 Å². The van der Waals surface area contributed by atoms with E-state index in [1.807, 2.05) is 48.5 Å². The quantitative estimate of drug-likeness (QED) is 0.687. The van der Waals surface area contributed by atoms with E-state index in [9.17, 15) is 0 Å². The van der Waals surface area contributed by atoms with Gasteiger partial charge in [0.1, 0.15) is 6.10 Å². The lowest BCUT2D eigenvalue weighted by Gasteiger charge is -2.19. The summed E-state index contributed by atoms with van der Waals surface area (Å²) in [7, 11) is 0. The minimum absolute atomic E-state index is 0.149. The van der Waals surface area contributed by atoms with Crippen molar-refractivity contribution in [1.29, 1.82) is 0 Å². The van der Waals surface area contributed by atoms with Crippen LogP contribution in [0.15, 0.2) is 48.5 Å². The zero-order valence-corrected chi connectivity index (χ0v) is 14.4. The highest BCUT2D eigenvalue weighted by molar-refractivity contribution is 7.99. The van der Waals surface area contributed by atoms with Gasteiger partial charge < -0.3 is 9.84 Å². The lowest BCUT2D eigenvalue weighted by Crippen LogP contribution is -2.09. The van der Waals surface area contributed by atoms with Crippen LogP contribution in [0.25, 0.3) is 0 Å². The Morgan fingerprint density at radius 2 is 1.36 bits per heavy atom. The van der Waals surface area contributed by atoms with Gasteiger partial charge in [-0.2, -0.15) is 11.8 Å². The van der Waals surface area contributed by atoms with Gasteiger partial charge in [0.25, 0.3) is 0 Å². The van der Waals surface area contributed by atoms with E-state index in [1.54, 1.807) is 11.8 Å². The highest BCUT2D eigenvalue weighted by atomic mass is 35.5. The average molecular weight is 357 g/mol. The molecule has 0 atom stereocenters. The fraction of sp³-hybridized carbons (Fsp3) is 0.294. The van der Waals surface area contributed by atoms with E-state index in [1.165, 1.54) is 0 Å². The molecule has 0 aliphatic rings. The first kappa shape index (κ1) is 17.6. The summed E-state index contributed by atoms with van der Waals surface area (Å²) >= 11 is 13.6. The SMILES string of the molecule is OCCSCCOC(c1ccc(Cl)cc1)c1ccc(Cl)cc1. The Balaban J connectivity index is 2.10. The standard InChI is InChI=1S/C17H18Cl2O2S/c18-15-5-1-13(2-6-15)17(21-10-12-22-11-9-20)14-3-7-16(19)8-4-14/h1-8,17,20H,9-12H2. The van der Waals surface area contributed by atoms with Gasteiger partial charge in [0.2, 0.25) is 0 Å². The molecule has 2 nitrogen and oxygen atoms in total. The molecular weight excluding hydrogens is 339 g/mol. The highest BCUT2D eigenvalue weighted by Gasteiger charge is 2.14. The summed E-state index contributed by atoms with van der Waals surface area (Å²) in [5.74, 6) is 1.58. The fourth-order valence-electron chi connectivity index (χ4n) is 2.05. The topological polar surface area (TPSA) is 29.5 Å². The second-order valence-corrected chi connectivity index (χ2v) is 6.79. The minimum atomic E-state index is -0.149. The largest absolute Gasteiger partial charge is 0.396 e. The van der Waals surface area contributed by atoms with Gasteiger partial charge in [0.05, 0.1) is 13.2 Å². The summed E-state index contributed by atoms with van der Waals surface area (Å²) in [6.07, 6.45) is -0.149. The van der Waals surface area contributed by atoms with Crippen molar-refractivity contribution in [3.8, 4) is 0 Å². The summed E-state index contributed by atoms with van der Waals surface area (Å²) in [4.78, 5) is 0. The van der Waals surface area contributed by atoms with Crippen LogP contribution in [0.2, 0.25) is 10.0 Å². The van der Waals surface area contributed by atoms with Gasteiger partial charge in [-0.1, -0.05) is 47.5 Å². The first-order chi connectivity index (χ1) is 10.7. The Labute approximate surface area is 145 Å². The third-order valence-corrected chi connectivity index (χ3v) is 4.52. The third-order valence-electron chi connectivity index (χ3n) is 3.09. The normalized spacial score (nSPS) is 11.1. The Hall–Kier alpha value is -0.710. The maximum Gasteiger partial charge on any atom is 0.108 e. The van der Waals surface area contributed by atoms with Crippen LogP contribution in [0.4, 0.5) is 0 Å². The van der Waals surface area contributed by atoms with E-state index in [2.05, 4.69) is 0 Å². The van der Waals surface area contributed by atoms with Gasteiger partial charge in [-0.15, -0.1) is 0 Å². The zero-order chi connectivity index (χ0) is 15.8. The number of hydrogen-bond acceptors (Lipinski definition) is 3. The monoisotopic (exact) mass is 356 g/mol. The number of benzene rings is 2. The van der Waals surface area contributed by atoms with E-state index >= 15 is 0 Å². The Bertz CT molecular complexity index is 512. The van der Waals surface area contributed by atoms with Crippen LogP contribution in [0, 0.1) is 0 Å². The number of halogens is 2. The summed E-state index contributed by atoms with van der Waals surface area (Å²) in [5.41, 5.74) is 2.11. The smallest absolute Gasteiger partial charge is 0.108 e. The van der Waals surface area contributed by atoms with E-state index in [0.29, 0.717) is 16.7 Å². The summed E-state index contributed by atoms with van der Waals surface area (Å²) < 4.78 is 6.05. The van der Waals surface area contributed by atoms with Gasteiger partial charge in [0, 0.05) is 21.6 Å². The number of aliphatic hydroxyl groups is 1. The van der Waals surface area contributed by atoms with Crippen molar-refractivity contribution in [3.05, 3.63) is 69.7 Å². The molecule has 0 bridgehead atoms. The lowest BCUT2D eigenvalue weighted by atomic mass is 10.0. The predicted molar refractivity (Wildman–Crippen MR) is 95.1 cm³/mol. The third kappa shape index (κ3) is 5.49. The average Bonchev–Trinajstić information content (AvgIpc) is 2.53. The van der Waals surface area contributed by atoms with Crippen LogP contribution in [-0.4, -0.2) is 29.8 Å². The maximum absolute atomic E-state index is 8.80. The molecule has 0 aromatic heterocycles. The van der Waals surface area contributed by atoms with Crippen LogP contribution in [-0.2, 0) is 4.74 Å². The Morgan fingerprint density at radius 1 is 0.864 bits per heavy atom. The van der Waals surface area contributed by atoms with Crippen LogP contribution in [0.1, 0.15) is 17.2 Å². The molecule has 0 aliphatic heterocycles. The van der Waals surface area contributed by atoms with E-state index in [-0.39, 0.29) is 12.7 Å². The molecule has 1 N–H and O–H groups in total. The molecule has 0 heterocycles. The summed E-state index contributed by atoms with van der Waals surface area (Å²) in [6.45, 7) is 0.809. The minimum Gasteiger partial charge on any atom is -0.396 e. The number of ether oxygens (including phenoxy) is 1. The van der Waals surface area contributed by atoms with Crippen molar-refractivity contribution < 1.29 is 9.84 Å². The summed E-state index contributed by atoms with van der Waals surface area (Å²) in [6, 6.07) is 15.4. The molecule has 5 heteroatoms. The van der Waals surface area contributed by atoms with Crippen LogP contribution in [0.5, 0.6) is 0 Å². The number of rotatable bonds is 8. The van der Waals surface area contributed by atoms with Crippen molar-refractivity contribution in [2.45, 2.75) is 6.10 Å². The van der Waals surface area contributed by atoms with E-state index in [0.717, 1.165) is 22.6 Å². The van der Waals surface area contributed by atoms with Gasteiger partial charge >= 0.3 is 0 Å². The molecule has 0 spiro atoms. The van der Waals surface area contributed by atoms with Crippen LogP contribution >= 0.6 is 35.0 Å². The molecule has 0 saturated carbocycles. The Kier molecular flexibility index (Phi) is 7.56. The fourth-order valence-corrected chi connectivity index (χ4v) is 2.85. The van der Waals surface area contributed by atoms with Crippen molar-refractivity contribution in [1.82, 2.24) is 0 Å². The van der Waals surface area contributed by atoms with Gasteiger partial charge in [-0.25, -0.2) is 0 Å². The zero-order valence-electron chi connectivity index (χ0n) is 12.0. The molecule has 0 unspecified atom stereocenters. The summed E-state index contributed by atoms with van der Waals surface area (Å²) in [5, 5.41) is 10.2. The second kappa shape index (κ2) is 9.43. The highest BCUT2D eigenvalue weighted by Crippen LogP contribution is 2.28. The van der Waals surface area contributed by atoms with Gasteiger partial charge in [0.15, 0.2) is 0 Å². The number of aliphatic hydroxyl groups excluding tert-OH is 1. The molecule has 2 aromatic carbocycles. The number of thioether (sulfide) groups is 1. The van der Waals surface area contributed by atoms with Crippen LogP contribution in [0.3, 0.4) is 0 Å².